The summed E-state index contributed by atoms with van der Waals surface area (Å²) in [4.78, 5) is 17.1. The lowest BCUT2D eigenvalue weighted by Gasteiger charge is -2.25. The quantitative estimate of drug-likeness (QED) is 0.568. The van der Waals surface area contributed by atoms with Crippen molar-refractivity contribution in [3.8, 4) is 0 Å². The summed E-state index contributed by atoms with van der Waals surface area (Å²) >= 11 is 10.2. The standard InChI is InChI=1S/C16H13Br2NOS2/c1-19-6-10(2-14-4-12(17)8-21-14)16(20)11(7-19)3-15-5-13(18)9-22-15/h2-5,8-9H,6-7H2,1H3/b10-2+,11-3+. The molecule has 0 amide bonds. The summed E-state index contributed by atoms with van der Waals surface area (Å²) in [5.41, 5.74) is 1.70. The lowest BCUT2D eigenvalue weighted by atomic mass is 9.97. The van der Waals surface area contributed by atoms with Crippen LogP contribution in [0.5, 0.6) is 0 Å². The Bertz CT molecular complexity index is 710. The summed E-state index contributed by atoms with van der Waals surface area (Å²) in [6.07, 6.45) is 4.01. The van der Waals surface area contributed by atoms with Crippen molar-refractivity contribution in [3.63, 3.8) is 0 Å². The van der Waals surface area contributed by atoms with Crippen LogP contribution < -0.4 is 0 Å². The maximum atomic E-state index is 12.7. The van der Waals surface area contributed by atoms with Gasteiger partial charge in [0.05, 0.1) is 0 Å². The molecular formula is C16H13Br2NOS2. The van der Waals surface area contributed by atoms with Crippen molar-refractivity contribution >= 4 is 72.5 Å². The normalized spacial score (nSPS) is 20.2. The van der Waals surface area contributed by atoms with Crippen LogP contribution in [0.3, 0.4) is 0 Å². The molecule has 0 aliphatic carbocycles. The monoisotopic (exact) mass is 457 g/mol. The molecule has 0 atom stereocenters. The Morgan fingerprint density at radius 3 is 1.82 bits per heavy atom. The molecule has 0 N–H and O–H groups in total. The van der Waals surface area contributed by atoms with Gasteiger partial charge in [-0.1, -0.05) is 0 Å². The molecule has 22 heavy (non-hydrogen) atoms. The van der Waals surface area contributed by atoms with Crippen LogP contribution in [0.15, 0.2) is 43.0 Å². The molecule has 1 saturated heterocycles. The predicted octanol–water partition coefficient (Wildman–Crippen LogP) is 5.32. The zero-order chi connectivity index (χ0) is 15.7. The Morgan fingerprint density at radius 1 is 1.00 bits per heavy atom. The van der Waals surface area contributed by atoms with Crippen LogP contribution >= 0.6 is 54.5 Å². The smallest absolute Gasteiger partial charge is 0.187 e. The summed E-state index contributed by atoms with van der Waals surface area (Å²) < 4.78 is 2.11. The van der Waals surface area contributed by atoms with Crippen molar-refractivity contribution in [2.45, 2.75) is 0 Å². The third-order valence-electron chi connectivity index (χ3n) is 3.27. The fourth-order valence-corrected chi connectivity index (χ4v) is 5.16. The minimum atomic E-state index is 0.159. The zero-order valence-electron chi connectivity index (χ0n) is 11.8. The Balaban J connectivity index is 1.91. The maximum Gasteiger partial charge on any atom is 0.187 e. The molecule has 0 unspecified atom stereocenters. The summed E-state index contributed by atoms with van der Waals surface area (Å²) in [5.74, 6) is 0.159. The molecule has 1 fully saturated rings. The summed E-state index contributed by atoms with van der Waals surface area (Å²) in [5, 5.41) is 4.06. The van der Waals surface area contributed by atoms with E-state index < -0.39 is 0 Å². The second-order valence-corrected chi connectivity index (χ2v) is 8.89. The summed E-state index contributed by atoms with van der Waals surface area (Å²) in [7, 11) is 2.04. The van der Waals surface area contributed by atoms with Gasteiger partial charge in [-0.3, -0.25) is 9.69 Å². The fourth-order valence-electron chi connectivity index (χ4n) is 2.36. The molecule has 1 aliphatic rings. The van der Waals surface area contributed by atoms with Crippen molar-refractivity contribution in [1.82, 2.24) is 4.90 Å². The number of halogens is 2. The molecule has 0 bridgehead atoms. The van der Waals surface area contributed by atoms with Crippen LogP contribution in [-0.2, 0) is 4.79 Å². The van der Waals surface area contributed by atoms with Crippen LogP contribution in [0, 0.1) is 0 Å². The zero-order valence-corrected chi connectivity index (χ0v) is 16.6. The number of carbonyl (C=O) groups is 1. The van der Waals surface area contributed by atoms with Gasteiger partial charge in [-0.15, -0.1) is 22.7 Å². The highest BCUT2D eigenvalue weighted by atomic mass is 79.9. The highest BCUT2D eigenvalue weighted by Gasteiger charge is 2.24. The summed E-state index contributed by atoms with van der Waals surface area (Å²) in [6, 6.07) is 4.08. The number of likely N-dealkylation sites (tertiary alicyclic amines) is 1. The number of Topliss-reactive ketones (excluding diaryl/α,β-unsaturated/α-hetero) is 1. The predicted molar refractivity (Wildman–Crippen MR) is 102 cm³/mol. The SMILES string of the molecule is CN1C/C(=C\c2cc(Br)cs2)C(=O)/C(=C/c2cc(Br)cs2)C1. The molecule has 3 rings (SSSR count). The van der Waals surface area contributed by atoms with E-state index in [0.29, 0.717) is 13.1 Å². The number of nitrogens with zero attached hydrogens (tertiary/aromatic N) is 1. The van der Waals surface area contributed by atoms with Gasteiger partial charge >= 0.3 is 0 Å². The molecule has 3 heterocycles. The third kappa shape index (κ3) is 3.86. The molecule has 1 aliphatic heterocycles. The van der Waals surface area contributed by atoms with Crippen LogP contribution in [0.4, 0.5) is 0 Å². The Hall–Kier alpha value is -0.530. The van der Waals surface area contributed by atoms with Gasteiger partial charge in [0, 0.05) is 53.7 Å². The minimum Gasteiger partial charge on any atom is -0.298 e. The first-order chi connectivity index (χ1) is 10.5. The number of rotatable bonds is 2. The average Bonchev–Trinajstić information content (AvgIpc) is 3.04. The number of hydrogen-bond donors (Lipinski definition) is 0. The second kappa shape index (κ2) is 6.93. The van der Waals surface area contributed by atoms with E-state index in [1.54, 1.807) is 22.7 Å². The van der Waals surface area contributed by atoms with Gasteiger partial charge in [0.1, 0.15) is 0 Å². The van der Waals surface area contributed by atoms with Crippen LogP contribution in [0.2, 0.25) is 0 Å². The third-order valence-corrected chi connectivity index (χ3v) is 6.55. The summed E-state index contributed by atoms with van der Waals surface area (Å²) in [6.45, 7) is 1.39. The first-order valence-electron chi connectivity index (χ1n) is 6.64. The lowest BCUT2D eigenvalue weighted by Crippen LogP contribution is -2.34. The number of piperidine rings is 1. The van der Waals surface area contributed by atoms with E-state index in [1.807, 2.05) is 42.1 Å². The number of carbonyl (C=O) groups excluding carboxylic acids is 1. The number of ketones is 1. The van der Waals surface area contributed by atoms with Gasteiger partial charge < -0.3 is 0 Å². The topological polar surface area (TPSA) is 20.3 Å². The van der Waals surface area contributed by atoms with Crippen molar-refractivity contribution in [3.05, 3.63) is 52.7 Å². The van der Waals surface area contributed by atoms with Crippen LogP contribution in [0.1, 0.15) is 9.75 Å². The van der Waals surface area contributed by atoms with Gasteiger partial charge in [0.25, 0.3) is 0 Å². The highest BCUT2D eigenvalue weighted by Crippen LogP contribution is 2.27. The molecule has 114 valence electrons. The molecule has 6 heteroatoms. The van der Waals surface area contributed by atoms with Crippen molar-refractivity contribution < 1.29 is 4.79 Å². The van der Waals surface area contributed by atoms with Gasteiger partial charge in [0.15, 0.2) is 5.78 Å². The highest BCUT2D eigenvalue weighted by molar-refractivity contribution is 9.10. The maximum absolute atomic E-state index is 12.7. The van der Waals surface area contributed by atoms with Crippen LogP contribution in [-0.4, -0.2) is 30.8 Å². The second-order valence-electron chi connectivity index (χ2n) is 5.18. The first-order valence-corrected chi connectivity index (χ1v) is 9.98. The van der Waals surface area contributed by atoms with Crippen molar-refractivity contribution in [1.29, 1.82) is 0 Å². The largest absolute Gasteiger partial charge is 0.298 e. The van der Waals surface area contributed by atoms with E-state index in [-0.39, 0.29) is 5.78 Å². The van der Waals surface area contributed by atoms with Gasteiger partial charge in [-0.05, 0) is 63.2 Å². The minimum absolute atomic E-state index is 0.159. The molecule has 0 aromatic carbocycles. The molecule has 2 nitrogen and oxygen atoms in total. The van der Waals surface area contributed by atoms with E-state index in [1.165, 1.54) is 0 Å². The molecular weight excluding hydrogens is 446 g/mol. The molecule has 2 aromatic rings. The number of thiophene rings is 2. The van der Waals surface area contributed by atoms with E-state index >= 15 is 0 Å². The van der Waals surface area contributed by atoms with Gasteiger partial charge in [-0.2, -0.15) is 0 Å². The van der Waals surface area contributed by atoms with E-state index in [9.17, 15) is 4.79 Å². The molecule has 0 saturated carbocycles. The first kappa shape index (κ1) is 16.3. The van der Waals surface area contributed by atoms with Gasteiger partial charge in [0.2, 0.25) is 0 Å². The number of likely N-dealkylation sites (N-methyl/N-ethyl adjacent to an activating group) is 1. The van der Waals surface area contributed by atoms with Gasteiger partial charge in [-0.25, -0.2) is 0 Å². The molecule has 0 radical (unpaired) electrons. The van der Waals surface area contributed by atoms with Crippen molar-refractivity contribution in [2.24, 2.45) is 0 Å². The lowest BCUT2D eigenvalue weighted by molar-refractivity contribution is -0.113. The van der Waals surface area contributed by atoms with Crippen LogP contribution in [0.25, 0.3) is 12.2 Å². The molecule has 0 spiro atoms. The Labute approximate surface area is 154 Å². The number of hydrogen-bond acceptors (Lipinski definition) is 4. The van der Waals surface area contributed by atoms with E-state index in [4.69, 9.17) is 0 Å². The molecule has 2 aromatic heterocycles. The average molecular weight is 459 g/mol. The Kier molecular flexibility index (Phi) is 5.14. The van der Waals surface area contributed by atoms with E-state index in [0.717, 1.165) is 29.8 Å². The Morgan fingerprint density at radius 2 is 1.45 bits per heavy atom. The van der Waals surface area contributed by atoms with Crippen molar-refractivity contribution in [2.75, 3.05) is 20.1 Å². The van der Waals surface area contributed by atoms with E-state index in [2.05, 4.69) is 36.8 Å². The fraction of sp³-hybridized carbons (Fsp3) is 0.188.